The number of carbonyl (C=O) groups excluding carboxylic acids is 1. The van der Waals surface area contributed by atoms with E-state index < -0.39 is 22.3 Å². The van der Waals surface area contributed by atoms with Crippen molar-refractivity contribution >= 4 is 38.9 Å². The van der Waals surface area contributed by atoms with Gasteiger partial charge >= 0.3 is 5.69 Å². The summed E-state index contributed by atoms with van der Waals surface area (Å²) in [4.78, 5) is 22.4. The van der Waals surface area contributed by atoms with Crippen molar-refractivity contribution in [3.8, 4) is 0 Å². The van der Waals surface area contributed by atoms with E-state index >= 15 is 0 Å². The van der Waals surface area contributed by atoms with E-state index in [0.717, 1.165) is 21.5 Å². The van der Waals surface area contributed by atoms with Crippen LogP contribution in [0.3, 0.4) is 0 Å². The lowest BCUT2D eigenvalue weighted by atomic mass is 10.2. The van der Waals surface area contributed by atoms with Gasteiger partial charge in [-0.05, 0) is 39.5 Å². The number of rotatable bonds is 4. The molecule has 1 aromatic heterocycles. The minimum absolute atomic E-state index is 0.0424. The van der Waals surface area contributed by atoms with E-state index in [0.29, 0.717) is 6.54 Å². The fourth-order valence-electron chi connectivity index (χ4n) is 1.51. The third-order valence-corrected chi connectivity index (χ3v) is 4.43. The van der Waals surface area contributed by atoms with Gasteiger partial charge in [-0.25, -0.2) is 0 Å². The molecule has 0 fully saturated rings. The van der Waals surface area contributed by atoms with Gasteiger partial charge in [0.15, 0.2) is 0 Å². The maximum absolute atomic E-state index is 13.4. The number of halogens is 2. The standard InChI is InChI=1S/C12H8BrFN2O3S/c13-8-3-4-20-11(8)6-15-12(17)7-1-2-10(16(18)19)9(14)5-7/h1-5H,6H2,(H,15,17). The Kier molecular flexibility index (Phi) is 4.46. The van der Waals surface area contributed by atoms with E-state index in [9.17, 15) is 19.3 Å². The van der Waals surface area contributed by atoms with Crippen molar-refractivity contribution < 1.29 is 14.1 Å². The molecule has 5 nitrogen and oxygen atoms in total. The Bertz CT molecular complexity index is 674. The zero-order valence-corrected chi connectivity index (χ0v) is 12.3. The van der Waals surface area contributed by atoms with Gasteiger partial charge in [-0.3, -0.25) is 14.9 Å². The maximum Gasteiger partial charge on any atom is 0.304 e. The molecule has 1 heterocycles. The van der Waals surface area contributed by atoms with E-state index in [2.05, 4.69) is 21.2 Å². The Labute approximate surface area is 125 Å². The van der Waals surface area contributed by atoms with Gasteiger partial charge in [-0.2, -0.15) is 4.39 Å². The summed E-state index contributed by atoms with van der Waals surface area (Å²) in [6, 6.07) is 4.92. The first-order valence-corrected chi connectivity index (χ1v) is 7.10. The topological polar surface area (TPSA) is 72.2 Å². The van der Waals surface area contributed by atoms with Gasteiger partial charge < -0.3 is 5.32 Å². The zero-order chi connectivity index (χ0) is 14.7. The fraction of sp³-hybridized carbons (Fsp3) is 0.0833. The van der Waals surface area contributed by atoms with Crippen LogP contribution in [0, 0.1) is 15.9 Å². The van der Waals surface area contributed by atoms with Crippen molar-refractivity contribution in [1.82, 2.24) is 5.32 Å². The van der Waals surface area contributed by atoms with E-state index in [-0.39, 0.29) is 5.56 Å². The Balaban J connectivity index is 2.08. The summed E-state index contributed by atoms with van der Waals surface area (Å²) in [6.07, 6.45) is 0. The van der Waals surface area contributed by atoms with Gasteiger partial charge in [0.1, 0.15) is 0 Å². The SMILES string of the molecule is O=C(NCc1sccc1Br)c1ccc([N+](=O)[O-])c(F)c1. The number of hydrogen-bond donors (Lipinski definition) is 1. The monoisotopic (exact) mass is 358 g/mol. The van der Waals surface area contributed by atoms with Crippen molar-refractivity contribution in [3.63, 3.8) is 0 Å². The van der Waals surface area contributed by atoms with Gasteiger partial charge in [0.2, 0.25) is 5.82 Å². The van der Waals surface area contributed by atoms with Crippen molar-refractivity contribution in [1.29, 1.82) is 0 Å². The molecule has 0 saturated carbocycles. The quantitative estimate of drug-likeness (QED) is 0.671. The van der Waals surface area contributed by atoms with Crippen LogP contribution < -0.4 is 5.32 Å². The smallest absolute Gasteiger partial charge is 0.304 e. The Morgan fingerprint density at radius 3 is 2.75 bits per heavy atom. The molecule has 0 aliphatic carbocycles. The number of benzene rings is 1. The highest BCUT2D eigenvalue weighted by molar-refractivity contribution is 9.10. The number of nitro benzene ring substituents is 1. The highest BCUT2D eigenvalue weighted by Gasteiger charge is 2.16. The number of nitrogens with zero attached hydrogens (tertiary/aromatic N) is 1. The molecule has 1 N–H and O–H groups in total. The van der Waals surface area contributed by atoms with Crippen molar-refractivity contribution in [3.05, 3.63) is 60.5 Å². The second-order valence-corrected chi connectivity index (χ2v) is 5.65. The molecular weight excluding hydrogens is 351 g/mol. The van der Waals surface area contributed by atoms with Crippen molar-refractivity contribution in [2.75, 3.05) is 0 Å². The van der Waals surface area contributed by atoms with E-state index in [1.54, 1.807) is 0 Å². The van der Waals surface area contributed by atoms with Gasteiger partial charge in [0.05, 0.1) is 11.5 Å². The second-order valence-electron chi connectivity index (χ2n) is 3.80. The lowest BCUT2D eigenvalue weighted by Gasteiger charge is -2.04. The first kappa shape index (κ1) is 14.6. The third kappa shape index (κ3) is 3.20. The first-order chi connectivity index (χ1) is 9.49. The van der Waals surface area contributed by atoms with Crippen LogP contribution >= 0.6 is 27.3 Å². The molecular formula is C12H8BrFN2O3S. The van der Waals surface area contributed by atoms with Gasteiger partial charge in [0, 0.05) is 21.0 Å². The molecule has 1 amide bonds. The molecule has 104 valence electrons. The summed E-state index contributed by atoms with van der Waals surface area (Å²) < 4.78 is 14.3. The van der Waals surface area contributed by atoms with Crippen LogP contribution in [0.4, 0.5) is 10.1 Å². The molecule has 0 bridgehead atoms. The second kappa shape index (κ2) is 6.10. The number of hydrogen-bond acceptors (Lipinski definition) is 4. The summed E-state index contributed by atoms with van der Waals surface area (Å²) in [7, 11) is 0. The average Bonchev–Trinajstić information content (AvgIpc) is 2.81. The maximum atomic E-state index is 13.4. The summed E-state index contributed by atoms with van der Waals surface area (Å²) in [5.74, 6) is -1.51. The molecule has 2 rings (SSSR count). The van der Waals surface area contributed by atoms with Crippen LogP contribution in [0.25, 0.3) is 0 Å². The summed E-state index contributed by atoms with van der Waals surface area (Å²) in [6.45, 7) is 0.301. The normalized spacial score (nSPS) is 10.3. The number of thiophene rings is 1. The molecule has 0 spiro atoms. The molecule has 8 heteroatoms. The Morgan fingerprint density at radius 2 is 2.20 bits per heavy atom. The van der Waals surface area contributed by atoms with Crippen molar-refractivity contribution in [2.24, 2.45) is 0 Å². The molecule has 0 atom stereocenters. The largest absolute Gasteiger partial charge is 0.347 e. The Hall–Kier alpha value is -1.80. The van der Waals surface area contributed by atoms with E-state index in [1.807, 2.05) is 11.4 Å². The predicted molar refractivity (Wildman–Crippen MR) is 76.2 cm³/mol. The van der Waals surface area contributed by atoms with E-state index in [1.165, 1.54) is 17.4 Å². The minimum atomic E-state index is -1.03. The predicted octanol–water partition coefficient (Wildman–Crippen LogP) is 3.49. The third-order valence-electron chi connectivity index (χ3n) is 2.51. The van der Waals surface area contributed by atoms with Gasteiger partial charge in [0.25, 0.3) is 5.91 Å². The molecule has 1 aromatic carbocycles. The van der Waals surface area contributed by atoms with Crippen LogP contribution in [0.2, 0.25) is 0 Å². The number of amides is 1. The highest BCUT2D eigenvalue weighted by atomic mass is 79.9. The summed E-state index contributed by atoms with van der Waals surface area (Å²) in [5.41, 5.74) is -0.608. The van der Waals surface area contributed by atoms with Gasteiger partial charge in [-0.1, -0.05) is 0 Å². The summed E-state index contributed by atoms with van der Waals surface area (Å²) >= 11 is 4.81. The number of nitro groups is 1. The lowest BCUT2D eigenvalue weighted by molar-refractivity contribution is -0.387. The van der Waals surface area contributed by atoms with Crippen LogP contribution in [-0.4, -0.2) is 10.8 Å². The molecule has 0 unspecified atom stereocenters. The van der Waals surface area contributed by atoms with Gasteiger partial charge in [-0.15, -0.1) is 11.3 Å². The molecule has 0 aliphatic heterocycles. The highest BCUT2D eigenvalue weighted by Crippen LogP contribution is 2.22. The van der Waals surface area contributed by atoms with E-state index in [4.69, 9.17) is 0 Å². The van der Waals surface area contributed by atoms with Crippen LogP contribution in [0.15, 0.2) is 34.1 Å². The molecule has 20 heavy (non-hydrogen) atoms. The zero-order valence-electron chi connectivity index (χ0n) is 9.93. The van der Waals surface area contributed by atoms with Crippen LogP contribution in [0.5, 0.6) is 0 Å². The summed E-state index contributed by atoms with van der Waals surface area (Å²) in [5, 5.41) is 15.0. The van der Waals surface area contributed by atoms with Crippen molar-refractivity contribution in [2.45, 2.75) is 6.54 Å². The minimum Gasteiger partial charge on any atom is -0.347 e. The van der Waals surface area contributed by atoms with Crippen LogP contribution in [0.1, 0.15) is 15.2 Å². The fourth-order valence-corrected chi connectivity index (χ4v) is 2.94. The molecule has 0 saturated heterocycles. The van der Waals surface area contributed by atoms with Crippen LogP contribution in [-0.2, 0) is 6.54 Å². The molecule has 0 aliphatic rings. The first-order valence-electron chi connectivity index (χ1n) is 5.43. The average molecular weight is 359 g/mol. The number of carbonyl (C=O) groups is 1. The number of nitrogens with one attached hydrogen (secondary N) is 1. The Morgan fingerprint density at radius 1 is 1.45 bits per heavy atom. The lowest BCUT2D eigenvalue weighted by Crippen LogP contribution is -2.22. The molecule has 2 aromatic rings. The molecule has 0 radical (unpaired) electrons.